The molecule has 0 atom stereocenters. The summed E-state index contributed by atoms with van der Waals surface area (Å²) in [4.78, 5) is 35.5. The second-order valence-electron chi connectivity index (χ2n) is 5.00. The van der Waals surface area contributed by atoms with E-state index in [1.165, 1.54) is 12.1 Å². The number of hydrogen-bond donors (Lipinski definition) is 0. The van der Waals surface area contributed by atoms with Crippen molar-refractivity contribution >= 4 is 16.9 Å². The molecule has 0 aliphatic heterocycles. The van der Waals surface area contributed by atoms with Gasteiger partial charge < -0.3 is 9.26 Å². The topological polar surface area (TPSA) is 78.5 Å². The highest BCUT2D eigenvalue weighted by atomic mass is 16.6. The molecule has 0 saturated heterocycles. The van der Waals surface area contributed by atoms with E-state index in [9.17, 15) is 14.4 Å². The van der Waals surface area contributed by atoms with Gasteiger partial charge in [-0.2, -0.15) is 0 Å². The van der Waals surface area contributed by atoms with Gasteiger partial charge in [0.15, 0.2) is 0 Å². The average molecular weight is 263 g/mol. The molecule has 0 aliphatic rings. The first-order valence-corrected chi connectivity index (χ1v) is 5.68. The molecule has 6 heteroatoms. The van der Waals surface area contributed by atoms with Gasteiger partial charge >= 0.3 is 11.7 Å². The molecule has 6 nitrogen and oxygen atoms in total. The third kappa shape index (κ3) is 2.57. The van der Waals surface area contributed by atoms with Crippen LogP contribution in [0.2, 0.25) is 0 Å². The Morgan fingerprint density at radius 1 is 1.16 bits per heavy atom. The van der Waals surface area contributed by atoms with Crippen LogP contribution in [0.1, 0.15) is 20.8 Å². The minimum atomic E-state index is -1.01. The molecule has 0 fully saturated rings. The Hall–Kier alpha value is -2.37. The molecule has 2 rings (SSSR count). The quantitative estimate of drug-likeness (QED) is 0.723. The fourth-order valence-electron chi connectivity index (χ4n) is 1.55. The molecule has 100 valence electrons. The van der Waals surface area contributed by atoms with Gasteiger partial charge in [-0.25, -0.2) is 9.59 Å². The number of ether oxygens (including phenoxy) is 1. The van der Waals surface area contributed by atoms with Crippen molar-refractivity contribution in [3.63, 3.8) is 0 Å². The Morgan fingerprint density at radius 3 is 2.32 bits per heavy atom. The summed E-state index contributed by atoms with van der Waals surface area (Å²) in [6, 6.07) is 6.12. The Morgan fingerprint density at radius 2 is 1.74 bits per heavy atom. The summed E-state index contributed by atoms with van der Waals surface area (Å²) in [5.74, 6) is 0. The minimum absolute atomic E-state index is 0.115. The van der Waals surface area contributed by atoms with Crippen LogP contribution in [0.4, 0.5) is 4.79 Å². The molecule has 0 saturated carbocycles. The second-order valence-corrected chi connectivity index (χ2v) is 5.00. The highest BCUT2D eigenvalue weighted by Gasteiger charge is 2.22. The Balaban J connectivity index is 2.64. The fourth-order valence-corrected chi connectivity index (χ4v) is 1.55. The Bertz CT molecular complexity index is 748. The molecule has 0 aliphatic carbocycles. The van der Waals surface area contributed by atoms with Crippen LogP contribution < -0.4 is 11.2 Å². The maximum atomic E-state index is 12.0. The summed E-state index contributed by atoms with van der Waals surface area (Å²) < 4.78 is 10.0. The van der Waals surface area contributed by atoms with E-state index in [1.807, 2.05) is 0 Å². The molecule has 1 aromatic heterocycles. The number of rotatable bonds is 0. The van der Waals surface area contributed by atoms with Gasteiger partial charge in [0.25, 0.3) is 5.56 Å². The van der Waals surface area contributed by atoms with E-state index in [1.54, 1.807) is 32.9 Å². The van der Waals surface area contributed by atoms with Gasteiger partial charge in [0.2, 0.25) is 0 Å². The lowest BCUT2D eigenvalue weighted by molar-refractivity contribution is 0.0351. The molecular formula is C13H13NO5. The zero-order valence-corrected chi connectivity index (χ0v) is 10.8. The Kier molecular flexibility index (Phi) is 3.01. The lowest BCUT2D eigenvalue weighted by Gasteiger charge is -2.18. The molecule has 0 unspecified atom stereocenters. The van der Waals surface area contributed by atoms with E-state index in [0.717, 1.165) is 0 Å². The number of carbonyl (C=O) groups is 1. The molecule has 0 spiro atoms. The number of aromatic nitrogens is 1. The first-order chi connectivity index (χ1) is 8.79. The number of nitrogens with zero attached hydrogens (tertiary/aromatic N) is 1. The van der Waals surface area contributed by atoms with Crippen LogP contribution >= 0.6 is 0 Å². The minimum Gasteiger partial charge on any atom is -0.441 e. The summed E-state index contributed by atoms with van der Waals surface area (Å²) in [7, 11) is 0. The SMILES string of the molecule is CC(C)(C)OC(=O)n1oc(=O)c2ccccc2c1=O. The van der Waals surface area contributed by atoms with Crippen molar-refractivity contribution in [1.82, 2.24) is 4.74 Å². The van der Waals surface area contributed by atoms with Crippen molar-refractivity contribution in [2.24, 2.45) is 0 Å². The van der Waals surface area contributed by atoms with Crippen LogP contribution in [0.5, 0.6) is 0 Å². The first-order valence-electron chi connectivity index (χ1n) is 5.68. The summed E-state index contributed by atoms with van der Waals surface area (Å²) in [6.45, 7) is 4.94. The van der Waals surface area contributed by atoms with Crippen LogP contribution in [0, 0.1) is 0 Å². The maximum Gasteiger partial charge on any atom is 0.451 e. The molecule has 1 aromatic carbocycles. The standard InChI is InChI=1S/C13H13NO5/c1-13(2,3)18-12(17)14-10(15)8-6-4-5-7-9(8)11(16)19-14/h4-7H,1-3H3. The van der Waals surface area contributed by atoms with Crippen LogP contribution in [-0.4, -0.2) is 16.4 Å². The Labute approximate surface area is 108 Å². The van der Waals surface area contributed by atoms with Gasteiger partial charge in [-0.1, -0.05) is 16.9 Å². The second kappa shape index (κ2) is 4.38. The molecular weight excluding hydrogens is 250 g/mol. The van der Waals surface area contributed by atoms with Crippen molar-refractivity contribution < 1.29 is 14.1 Å². The fraction of sp³-hybridized carbons (Fsp3) is 0.308. The molecule has 1 heterocycles. The highest BCUT2D eigenvalue weighted by Crippen LogP contribution is 2.09. The number of hydrogen-bond acceptors (Lipinski definition) is 5. The molecule has 0 bridgehead atoms. The van der Waals surface area contributed by atoms with Gasteiger partial charge in [0.05, 0.1) is 10.8 Å². The van der Waals surface area contributed by atoms with Crippen LogP contribution in [-0.2, 0) is 4.74 Å². The lowest BCUT2D eigenvalue weighted by atomic mass is 10.2. The largest absolute Gasteiger partial charge is 0.451 e. The smallest absolute Gasteiger partial charge is 0.441 e. The zero-order chi connectivity index (χ0) is 14.2. The van der Waals surface area contributed by atoms with E-state index in [4.69, 9.17) is 9.26 Å². The van der Waals surface area contributed by atoms with Crippen molar-refractivity contribution in [2.45, 2.75) is 26.4 Å². The van der Waals surface area contributed by atoms with Crippen molar-refractivity contribution in [2.75, 3.05) is 0 Å². The lowest BCUT2D eigenvalue weighted by Crippen LogP contribution is -2.35. The molecule has 0 amide bonds. The van der Waals surface area contributed by atoms with Crippen LogP contribution in [0.25, 0.3) is 10.8 Å². The molecule has 2 aromatic rings. The van der Waals surface area contributed by atoms with Gasteiger partial charge in [-0.15, -0.1) is 0 Å². The van der Waals surface area contributed by atoms with E-state index >= 15 is 0 Å². The van der Waals surface area contributed by atoms with Crippen molar-refractivity contribution in [3.05, 3.63) is 45.0 Å². The summed E-state index contributed by atoms with van der Waals surface area (Å²) >= 11 is 0. The van der Waals surface area contributed by atoms with E-state index < -0.39 is 22.9 Å². The molecule has 19 heavy (non-hydrogen) atoms. The first kappa shape index (κ1) is 13.1. The van der Waals surface area contributed by atoms with Crippen molar-refractivity contribution in [1.29, 1.82) is 0 Å². The third-order valence-corrected chi connectivity index (χ3v) is 2.30. The van der Waals surface area contributed by atoms with E-state index in [0.29, 0.717) is 4.74 Å². The molecule has 0 radical (unpaired) electrons. The summed E-state index contributed by atoms with van der Waals surface area (Å²) in [5.41, 5.74) is -2.27. The molecule has 0 N–H and O–H groups in total. The number of benzene rings is 1. The normalized spacial score (nSPS) is 11.5. The van der Waals surface area contributed by atoms with Crippen LogP contribution in [0.3, 0.4) is 0 Å². The van der Waals surface area contributed by atoms with Crippen LogP contribution in [0.15, 0.2) is 38.4 Å². The van der Waals surface area contributed by atoms with Crippen molar-refractivity contribution in [3.8, 4) is 0 Å². The van der Waals surface area contributed by atoms with Gasteiger partial charge in [-0.05, 0) is 32.9 Å². The zero-order valence-electron chi connectivity index (χ0n) is 10.8. The average Bonchev–Trinajstić information content (AvgIpc) is 2.31. The number of carbonyl (C=O) groups excluding carboxylic acids is 1. The summed E-state index contributed by atoms with van der Waals surface area (Å²) in [5, 5.41) is 0.247. The monoisotopic (exact) mass is 263 g/mol. The predicted molar refractivity (Wildman–Crippen MR) is 68.4 cm³/mol. The number of fused-ring (bicyclic) bond motifs is 1. The maximum absolute atomic E-state index is 12.0. The van der Waals surface area contributed by atoms with E-state index in [2.05, 4.69) is 0 Å². The van der Waals surface area contributed by atoms with Gasteiger partial charge in [0, 0.05) is 0 Å². The van der Waals surface area contributed by atoms with E-state index in [-0.39, 0.29) is 10.8 Å². The van der Waals surface area contributed by atoms with Gasteiger partial charge in [-0.3, -0.25) is 4.79 Å². The third-order valence-electron chi connectivity index (χ3n) is 2.30. The summed E-state index contributed by atoms with van der Waals surface area (Å²) in [6.07, 6.45) is -1.01. The van der Waals surface area contributed by atoms with Gasteiger partial charge in [0.1, 0.15) is 5.60 Å². The highest BCUT2D eigenvalue weighted by molar-refractivity contribution is 5.82. The predicted octanol–water partition coefficient (Wildman–Crippen LogP) is 1.74.